The summed E-state index contributed by atoms with van der Waals surface area (Å²) in [5.41, 5.74) is 4.59. The third-order valence-corrected chi connectivity index (χ3v) is 6.50. The van der Waals surface area contributed by atoms with Gasteiger partial charge < -0.3 is 5.32 Å². The van der Waals surface area contributed by atoms with Crippen LogP contribution in [0.15, 0.2) is 23.2 Å². The SMILES string of the molecule is CC(=O)[C@H]1CSC(c2nc3cc4c(cc3s2)NC(C)(C)C=C4C)=N1. The molecular formula is C18H19N3OS2. The molecule has 0 unspecified atom stereocenters. The quantitative estimate of drug-likeness (QED) is 0.868. The fraction of sp³-hybridized carbons (Fsp3) is 0.389. The molecule has 2 aliphatic heterocycles. The number of Topliss-reactive ketones (excluding diaryl/α,β-unsaturated/α-hetero) is 1. The summed E-state index contributed by atoms with van der Waals surface area (Å²) in [7, 11) is 0. The Morgan fingerprint density at radius 2 is 2.17 bits per heavy atom. The first kappa shape index (κ1) is 15.8. The van der Waals surface area contributed by atoms with E-state index in [1.807, 2.05) is 0 Å². The van der Waals surface area contributed by atoms with Crippen LogP contribution in [0.25, 0.3) is 15.8 Å². The molecule has 0 radical (unpaired) electrons. The Labute approximate surface area is 149 Å². The van der Waals surface area contributed by atoms with E-state index in [0.29, 0.717) is 0 Å². The average Bonchev–Trinajstić information content (AvgIpc) is 3.10. The van der Waals surface area contributed by atoms with E-state index in [2.05, 4.69) is 49.3 Å². The highest BCUT2D eigenvalue weighted by Gasteiger charge is 2.26. The standard InChI is InChI=1S/C18H19N3OS2/c1-9-7-18(3,4)21-12-6-15-13(5-11(9)12)19-17(24-15)16-20-14(8-23-16)10(2)22/h5-7,14,21H,8H2,1-4H3/t14-/m1/s1. The number of hydrogen-bond donors (Lipinski definition) is 1. The van der Waals surface area contributed by atoms with Gasteiger partial charge in [-0.25, -0.2) is 4.98 Å². The van der Waals surface area contributed by atoms with Crippen LogP contribution in [0.4, 0.5) is 5.69 Å². The predicted octanol–water partition coefficient (Wildman–Crippen LogP) is 4.35. The van der Waals surface area contributed by atoms with Crippen LogP contribution in [0.5, 0.6) is 0 Å². The number of carbonyl (C=O) groups excluding carboxylic acids is 1. The van der Waals surface area contributed by atoms with E-state index in [4.69, 9.17) is 4.98 Å². The van der Waals surface area contributed by atoms with Crippen molar-refractivity contribution in [2.24, 2.45) is 4.99 Å². The Morgan fingerprint density at radius 1 is 1.38 bits per heavy atom. The number of carbonyl (C=O) groups is 1. The van der Waals surface area contributed by atoms with Crippen LogP contribution < -0.4 is 5.32 Å². The molecule has 0 saturated heterocycles. The molecule has 2 aromatic rings. The summed E-state index contributed by atoms with van der Waals surface area (Å²) in [4.78, 5) is 20.8. The smallest absolute Gasteiger partial charge is 0.155 e. The molecule has 124 valence electrons. The molecule has 0 spiro atoms. The number of rotatable bonds is 2. The minimum atomic E-state index is -0.210. The number of aromatic nitrogens is 1. The highest BCUT2D eigenvalue weighted by molar-refractivity contribution is 8.15. The molecule has 6 heteroatoms. The molecule has 0 amide bonds. The molecule has 3 heterocycles. The van der Waals surface area contributed by atoms with Crippen LogP contribution >= 0.6 is 23.1 Å². The molecule has 1 aromatic carbocycles. The van der Waals surface area contributed by atoms with Crippen molar-refractivity contribution in [1.82, 2.24) is 4.98 Å². The number of allylic oxidation sites excluding steroid dienone is 1. The number of nitrogens with zero attached hydrogens (tertiary/aromatic N) is 2. The summed E-state index contributed by atoms with van der Waals surface area (Å²) in [5, 5.41) is 5.40. The molecule has 24 heavy (non-hydrogen) atoms. The molecular weight excluding hydrogens is 338 g/mol. The number of ketones is 1. The van der Waals surface area contributed by atoms with Crippen LogP contribution in [0.3, 0.4) is 0 Å². The molecule has 0 fully saturated rings. The van der Waals surface area contributed by atoms with Gasteiger partial charge in [0.25, 0.3) is 0 Å². The molecule has 4 rings (SSSR count). The Kier molecular flexibility index (Phi) is 3.58. The maximum absolute atomic E-state index is 11.5. The van der Waals surface area contributed by atoms with Crippen molar-refractivity contribution >= 4 is 55.4 Å². The largest absolute Gasteiger partial charge is 0.376 e. The van der Waals surface area contributed by atoms with Gasteiger partial charge in [-0.3, -0.25) is 9.79 Å². The predicted molar refractivity (Wildman–Crippen MR) is 104 cm³/mol. The van der Waals surface area contributed by atoms with Gasteiger partial charge in [-0.15, -0.1) is 23.1 Å². The zero-order valence-electron chi connectivity index (χ0n) is 14.1. The van der Waals surface area contributed by atoms with E-state index >= 15 is 0 Å². The summed E-state index contributed by atoms with van der Waals surface area (Å²) in [6.45, 7) is 8.10. The lowest BCUT2D eigenvalue weighted by molar-refractivity contribution is -0.117. The average molecular weight is 358 g/mol. The summed E-state index contributed by atoms with van der Waals surface area (Å²) < 4.78 is 1.15. The van der Waals surface area contributed by atoms with Crippen molar-refractivity contribution in [3.8, 4) is 0 Å². The number of anilines is 1. The number of nitrogens with one attached hydrogen (secondary N) is 1. The third kappa shape index (κ3) is 2.67. The van der Waals surface area contributed by atoms with Crippen LogP contribution in [0, 0.1) is 0 Å². The highest BCUT2D eigenvalue weighted by atomic mass is 32.2. The van der Waals surface area contributed by atoms with Crippen molar-refractivity contribution in [3.63, 3.8) is 0 Å². The van der Waals surface area contributed by atoms with Crippen LogP contribution in [-0.4, -0.2) is 33.1 Å². The number of hydrogen-bond acceptors (Lipinski definition) is 6. The lowest BCUT2D eigenvalue weighted by Gasteiger charge is -2.31. The fourth-order valence-corrected chi connectivity index (χ4v) is 5.37. The minimum absolute atomic E-state index is 0.0433. The summed E-state index contributed by atoms with van der Waals surface area (Å²) >= 11 is 3.28. The Hall–Kier alpha value is -1.66. The molecule has 0 saturated carbocycles. The molecule has 2 aliphatic rings. The second kappa shape index (κ2) is 5.43. The van der Waals surface area contributed by atoms with Crippen molar-refractivity contribution in [2.75, 3.05) is 11.1 Å². The second-order valence-corrected chi connectivity index (χ2v) is 8.97. The zero-order chi connectivity index (χ0) is 17.1. The second-order valence-electron chi connectivity index (χ2n) is 6.93. The third-order valence-electron chi connectivity index (χ3n) is 4.29. The van der Waals surface area contributed by atoms with E-state index in [1.165, 1.54) is 11.1 Å². The number of thiazole rings is 1. The van der Waals surface area contributed by atoms with Gasteiger partial charge in [-0.2, -0.15) is 0 Å². The Bertz CT molecular complexity index is 924. The maximum atomic E-state index is 11.5. The van der Waals surface area contributed by atoms with Gasteiger partial charge in [0.1, 0.15) is 16.1 Å². The molecule has 0 aliphatic carbocycles. The minimum Gasteiger partial charge on any atom is -0.376 e. The number of aliphatic imine (C=N–C) groups is 1. The number of benzene rings is 1. The lowest BCUT2D eigenvalue weighted by Crippen LogP contribution is -2.31. The van der Waals surface area contributed by atoms with Gasteiger partial charge in [0.05, 0.1) is 15.8 Å². The fourth-order valence-electron chi connectivity index (χ4n) is 3.20. The molecule has 1 atom stereocenters. The summed E-state index contributed by atoms with van der Waals surface area (Å²) in [5.74, 6) is 0.857. The van der Waals surface area contributed by atoms with Crippen molar-refractivity contribution in [1.29, 1.82) is 0 Å². The van der Waals surface area contributed by atoms with Gasteiger partial charge in [0.2, 0.25) is 0 Å². The van der Waals surface area contributed by atoms with Gasteiger partial charge in [0, 0.05) is 17.0 Å². The number of thioether (sulfide) groups is 1. The van der Waals surface area contributed by atoms with Crippen LogP contribution in [-0.2, 0) is 4.79 Å². The lowest BCUT2D eigenvalue weighted by atomic mass is 9.91. The van der Waals surface area contributed by atoms with E-state index in [-0.39, 0.29) is 17.4 Å². The topological polar surface area (TPSA) is 54.4 Å². The van der Waals surface area contributed by atoms with E-state index < -0.39 is 0 Å². The highest BCUT2D eigenvalue weighted by Crippen LogP contribution is 2.38. The van der Waals surface area contributed by atoms with Crippen molar-refractivity contribution in [2.45, 2.75) is 39.3 Å². The summed E-state index contributed by atoms with van der Waals surface area (Å²) in [6, 6.07) is 4.13. The van der Waals surface area contributed by atoms with Gasteiger partial charge in [-0.1, -0.05) is 6.08 Å². The van der Waals surface area contributed by atoms with Gasteiger partial charge >= 0.3 is 0 Å². The zero-order valence-corrected chi connectivity index (χ0v) is 15.8. The van der Waals surface area contributed by atoms with Crippen LogP contribution in [0.2, 0.25) is 0 Å². The Morgan fingerprint density at radius 3 is 2.88 bits per heavy atom. The Balaban J connectivity index is 1.77. The number of fused-ring (bicyclic) bond motifs is 2. The van der Waals surface area contributed by atoms with E-state index in [0.717, 1.165) is 31.7 Å². The molecule has 0 bridgehead atoms. The molecule has 4 nitrogen and oxygen atoms in total. The van der Waals surface area contributed by atoms with Gasteiger partial charge in [-0.05, 0) is 45.4 Å². The summed E-state index contributed by atoms with van der Waals surface area (Å²) in [6.07, 6.45) is 2.25. The van der Waals surface area contributed by atoms with Crippen molar-refractivity contribution < 1.29 is 4.79 Å². The first-order valence-corrected chi connectivity index (χ1v) is 9.77. The monoisotopic (exact) mass is 357 g/mol. The van der Waals surface area contributed by atoms with Crippen molar-refractivity contribution in [3.05, 3.63) is 28.8 Å². The first-order valence-electron chi connectivity index (χ1n) is 7.96. The molecule has 1 aromatic heterocycles. The van der Waals surface area contributed by atoms with E-state index in [9.17, 15) is 4.79 Å². The first-order chi connectivity index (χ1) is 11.3. The normalized spacial score (nSPS) is 21.9. The van der Waals surface area contributed by atoms with E-state index in [1.54, 1.807) is 30.0 Å². The van der Waals surface area contributed by atoms with Gasteiger partial charge in [0.15, 0.2) is 5.78 Å². The van der Waals surface area contributed by atoms with Crippen LogP contribution in [0.1, 0.15) is 38.3 Å². The molecule has 1 N–H and O–H groups in total. The maximum Gasteiger partial charge on any atom is 0.155 e.